The number of hydrogen-bond donors (Lipinski definition) is 1. The van der Waals surface area contributed by atoms with E-state index < -0.39 is 6.10 Å². The number of benzene rings is 2. The lowest BCUT2D eigenvalue weighted by Gasteiger charge is -2.26. The Morgan fingerprint density at radius 3 is 2.03 bits per heavy atom. The van der Waals surface area contributed by atoms with Crippen molar-refractivity contribution in [3.05, 3.63) is 83.9 Å². The first-order valence-electron chi connectivity index (χ1n) is 13.7. The van der Waals surface area contributed by atoms with E-state index in [0.29, 0.717) is 5.92 Å². The van der Waals surface area contributed by atoms with E-state index >= 15 is 0 Å². The standard InChI is InChI=1S/C19H26N2O2.C12H14N2O/c1-3-18-17(19(22)14-8-5-4-6-9-14)13-21(20-18)15-10-7-11-16(12-15)23-2;1-3-10-7-8-14(13-10)11-5-4-6-12(9-11)15-2/h7,10-14,19,22H,3-6,8-9H2,1-2H3;4-9H,3H2,1-2H3. The summed E-state index contributed by atoms with van der Waals surface area (Å²) in [5.74, 6) is 2.03. The molecule has 0 saturated heterocycles. The summed E-state index contributed by atoms with van der Waals surface area (Å²) in [6, 6.07) is 17.7. The Kier molecular flexibility index (Phi) is 9.60. The van der Waals surface area contributed by atoms with Gasteiger partial charge < -0.3 is 14.6 Å². The van der Waals surface area contributed by atoms with Crippen molar-refractivity contribution in [2.24, 2.45) is 5.92 Å². The predicted octanol–water partition coefficient (Wildman–Crippen LogP) is 6.50. The maximum absolute atomic E-state index is 10.8. The molecule has 1 aliphatic rings. The minimum atomic E-state index is -0.399. The minimum absolute atomic E-state index is 0.372. The molecular weight excluding hydrogens is 476 g/mol. The number of rotatable bonds is 8. The predicted molar refractivity (Wildman–Crippen MR) is 151 cm³/mol. The van der Waals surface area contributed by atoms with Crippen LogP contribution in [0.15, 0.2) is 67.0 Å². The SMILES string of the molecule is CCc1ccn(-c2cccc(OC)c2)n1.CCc1nn(-c2cccc(OC)c2)cc1C(O)C1CCCCC1. The average Bonchev–Trinajstić information content (AvgIpc) is 3.65. The molecule has 1 N–H and O–H groups in total. The lowest BCUT2D eigenvalue weighted by atomic mass is 9.82. The summed E-state index contributed by atoms with van der Waals surface area (Å²) in [5.41, 5.74) is 5.06. The van der Waals surface area contributed by atoms with E-state index in [1.807, 2.05) is 76.4 Å². The minimum Gasteiger partial charge on any atom is -0.497 e. The van der Waals surface area contributed by atoms with E-state index in [1.165, 1.54) is 19.3 Å². The van der Waals surface area contributed by atoms with Gasteiger partial charge in [-0.15, -0.1) is 0 Å². The van der Waals surface area contributed by atoms with Gasteiger partial charge in [-0.1, -0.05) is 45.2 Å². The molecule has 1 saturated carbocycles. The number of nitrogens with zero attached hydrogens (tertiary/aromatic N) is 4. The molecule has 5 rings (SSSR count). The van der Waals surface area contributed by atoms with Crippen molar-refractivity contribution in [2.75, 3.05) is 14.2 Å². The average molecular weight is 517 g/mol. The molecule has 1 fully saturated rings. The molecule has 1 aliphatic carbocycles. The first-order chi connectivity index (χ1) is 18.6. The van der Waals surface area contributed by atoms with Gasteiger partial charge in [-0.3, -0.25) is 0 Å². The van der Waals surface area contributed by atoms with Crippen LogP contribution in [-0.2, 0) is 12.8 Å². The third-order valence-electron chi connectivity index (χ3n) is 7.22. The van der Waals surface area contributed by atoms with Crippen molar-refractivity contribution in [1.82, 2.24) is 19.6 Å². The largest absolute Gasteiger partial charge is 0.497 e. The number of hydrogen-bond acceptors (Lipinski definition) is 5. The van der Waals surface area contributed by atoms with Crippen molar-refractivity contribution >= 4 is 0 Å². The van der Waals surface area contributed by atoms with Crippen LogP contribution in [0.25, 0.3) is 11.4 Å². The zero-order valence-electron chi connectivity index (χ0n) is 23.0. The summed E-state index contributed by atoms with van der Waals surface area (Å²) >= 11 is 0. The Labute approximate surface area is 226 Å². The Hall–Kier alpha value is -3.58. The number of aromatic nitrogens is 4. The lowest BCUT2D eigenvalue weighted by molar-refractivity contribution is 0.0841. The van der Waals surface area contributed by atoms with Gasteiger partial charge in [0.1, 0.15) is 11.5 Å². The van der Waals surface area contributed by atoms with Crippen LogP contribution in [0.5, 0.6) is 11.5 Å². The second kappa shape index (κ2) is 13.3. The summed E-state index contributed by atoms with van der Waals surface area (Å²) in [7, 11) is 3.33. The smallest absolute Gasteiger partial charge is 0.121 e. The van der Waals surface area contributed by atoms with E-state index in [4.69, 9.17) is 14.6 Å². The van der Waals surface area contributed by atoms with Gasteiger partial charge in [0.25, 0.3) is 0 Å². The molecule has 1 unspecified atom stereocenters. The van der Waals surface area contributed by atoms with Gasteiger partial charge in [0.2, 0.25) is 0 Å². The van der Waals surface area contributed by atoms with Gasteiger partial charge in [-0.25, -0.2) is 9.36 Å². The van der Waals surface area contributed by atoms with Gasteiger partial charge in [0.15, 0.2) is 0 Å². The van der Waals surface area contributed by atoms with Crippen molar-refractivity contribution in [2.45, 2.75) is 64.9 Å². The number of aryl methyl sites for hydroxylation is 2. The highest BCUT2D eigenvalue weighted by molar-refractivity contribution is 5.40. The quantitative estimate of drug-likeness (QED) is 0.289. The monoisotopic (exact) mass is 516 g/mol. The highest BCUT2D eigenvalue weighted by Gasteiger charge is 2.26. The molecule has 7 nitrogen and oxygen atoms in total. The Bertz CT molecular complexity index is 1290. The van der Waals surface area contributed by atoms with Crippen LogP contribution in [-0.4, -0.2) is 38.9 Å². The van der Waals surface area contributed by atoms with E-state index in [-0.39, 0.29) is 0 Å². The lowest BCUT2D eigenvalue weighted by Crippen LogP contribution is -2.16. The van der Waals surface area contributed by atoms with Gasteiger partial charge in [-0.05, 0) is 61.9 Å². The molecule has 38 heavy (non-hydrogen) atoms. The second-order valence-electron chi connectivity index (χ2n) is 9.68. The highest BCUT2D eigenvalue weighted by atomic mass is 16.5. The van der Waals surface area contributed by atoms with E-state index in [2.05, 4.69) is 18.9 Å². The fourth-order valence-corrected chi connectivity index (χ4v) is 4.98. The van der Waals surface area contributed by atoms with Crippen molar-refractivity contribution in [1.29, 1.82) is 0 Å². The molecule has 0 aliphatic heterocycles. The first-order valence-corrected chi connectivity index (χ1v) is 13.7. The Morgan fingerprint density at radius 1 is 0.842 bits per heavy atom. The number of ether oxygens (including phenoxy) is 2. The molecule has 0 bridgehead atoms. The Morgan fingerprint density at radius 2 is 1.47 bits per heavy atom. The zero-order chi connectivity index (χ0) is 26.9. The molecule has 0 spiro atoms. The number of aliphatic hydroxyl groups is 1. The maximum Gasteiger partial charge on any atom is 0.121 e. The number of methoxy groups -OCH3 is 2. The van der Waals surface area contributed by atoms with Crippen LogP contribution in [0.4, 0.5) is 0 Å². The Balaban J connectivity index is 0.000000194. The topological polar surface area (TPSA) is 74.3 Å². The second-order valence-corrected chi connectivity index (χ2v) is 9.68. The van der Waals surface area contributed by atoms with E-state index in [0.717, 1.165) is 65.5 Å². The van der Waals surface area contributed by atoms with Crippen molar-refractivity contribution < 1.29 is 14.6 Å². The van der Waals surface area contributed by atoms with Crippen LogP contribution >= 0.6 is 0 Å². The van der Waals surface area contributed by atoms with E-state index in [1.54, 1.807) is 14.2 Å². The van der Waals surface area contributed by atoms with Crippen molar-refractivity contribution in [3.63, 3.8) is 0 Å². The van der Waals surface area contributed by atoms with Gasteiger partial charge in [0, 0.05) is 30.1 Å². The van der Waals surface area contributed by atoms with Crippen LogP contribution in [0.2, 0.25) is 0 Å². The molecular formula is C31H40N4O3. The first kappa shape index (κ1) is 27.5. The fraction of sp³-hybridized carbons (Fsp3) is 0.419. The molecule has 2 aromatic carbocycles. The molecule has 1 atom stereocenters. The van der Waals surface area contributed by atoms with Crippen LogP contribution < -0.4 is 9.47 Å². The molecule has 2 heterocycles. The van der Waals surface area contributed by atoms with Crippen LogP contribution in [0.1, 0.15) is 69.0 Å². The third-order valence-corrected chi connectivity index (χ3v) is 7.22. The van der Waals surface area contributed by atoms with Crippen LogP contribution in [0, 0.1) is 5.92 Å². The van der Waals surface area contributed by atoms with Gasteiger partial charge in [0.05, 0.1) is 43.1 Å². The zero-order valence-corrected chi connectivity index (χ0v) is 23.0. The maximum atomic E-state index is 10.8. The molecule has 0 amide bonds. The molecule has 202 valence electrons. The summed E-state index contributed by atoms with van der Waals surface area (Å²) in [4.78, 5) is 0. The van der Waals surface area contributed by atoms with Crippen LogP contribution in [0.3, 0.4) is 0 Å². The highest BCUT2D eigenvalue weighted by Crippen LogP contribution is 2.36. The van der Waals surface area contributed by atoms with Gasteiger partial charge >= 0.3 is 0 Å². The molecule has 0 radical (unpaired) electrons. The fourth-order valence-electron chi connectivity index (χ4n) is 4.98. The molecule has 2 aromatic heterocycles. The summed E-state index contributed by atoms with van der Waals surface area (Å²) in [6.07, 6.45) is 11.3. The van der Waals surface area contributed by atoms with Gasteiger partial charge in [-0.2, -0.15) is 10.2 Å². The summed E-state index contributed by atoms with van der Waals surface area (Å²) in [6.45, 7) is 4.19. The summed E-state index contributed by atoms with van der Waals surface area (Å²) < 4.78 is 14.2. The van der Waals surface area contributed by atoms with E-state index in [9.17, 15) is 5.11 Å². The summed E-state index contributed by atoms with van der Waals surface area (Å²) in [5, 5.41) is 20.0. The number of aliphatic hydroxyl groups excluding tert-OH is 1. The molecule has 7 heteroatoms. The normalized spacial score (nSPS) is 14.4. The molecule has 4 aromatic rings. The third kappa shape index (κ3) is 6.64. The van der Waals surface area contributed by atoms with Crippen molar-refractivity contribution in [3.8, 4) is 22.9 Å².